The van der Waals surface area contributed by atoms with Gasteiger partial charge in [0.15, 0.2) is 0 Å². The molecule has 2 nitrogen and oxygen atoms in total. The van der Waals surface area contributed by atoms with E-state index in [2.05, 4.69) is 270 Å². The van der Waals surface area contributed by atoms with Gasteiger partial charge in [-0.3, -0.25) is 0 Å². The van der Waals surface area contributed by atoms with Crippen molar-refractivity contribution in [3.05, 3.63) is 244 Å². The molecule has 72 heavy (non-hydrogen) atoms. The van der Waals surface area contributed by atoms with Crippen molar-refractivity contribution in [2.24, 2.45) is 0 Å². The van der Waals surface area contributed by atoms with E-state index in [0.717, 1.165) is 0 Å². The normalized spacial score (nSPS) is 14.2. The van der Waals surface area contributed by atoms with Gasteiger partial charge >= 0.3 is 0 Å². The Morgan fingerprint density at radius 3 is 1.72 bits per heavy atom. The minimum atomic E-state index is -0.467. The van der Waals surface area contributed by atoms with E-state index in [9.17, 15) is 0 Å². The van der Waals surface area contributed by atoms with Crippen molar-refractivity contribution in [1.29, 1.82) is 0 Å². The highest BCUT2D eigenvalue weighted by atomic mass is 32.1. The molecule has 0 radical (unpaired) electrons. The topological polar surface area (TPSA) is 6.48 Å². The predicted molar refractivity (Wildman–Crippen MR) is 308 cm³/mol. The highest BCUT2D eigenvalue weighted by Crippen LogP contribution is 2.67. The van der Waals surface area contributed by atoms with Gasteiger partial charge in [-0.2, -0.15) is 0 Å². The van der Waals surface area contributed by atoms with E-state index in [1.807, 2.05) is 0 Å². The van der Waals surface area contributed by atoms with Gasteiger partial charge in [-0.05, 0) is 151 Å². The van der Waals surface area contributed by atoms with Crippen LogP contribution in [-0.2, 0) is 10.8 Å². The van der Waals surface area contributed by atoms with Crippen LogP contribution in [0.5, 0.6) is 0 Å². The van der Waals surface area contributed by atoms with E-state index in [0.29, 0.717) is 5.92 Å². The van der Waals surface area contributed by atoms with E-state index < -0.39 is 5.41 Å². The first-order chi connectivity index (χ1) is 35.0. The van der Waals surface area contributed by atoms with Gasteiger partial charge in [0, 0.05) is 43.7 Å². The van der Waals surface area contributed by atoms with E-state index in [4.69, 9.17) is 0 Å². The molecular formula is C68H55BN2S. The average molecular weight is 943 g/mol. The van der Waals surface area contributed by atoms with Crippen LogP contribution in [0.1, 0.15) is 84.4 Å². The SMILES string of the molecule is Cc1cc2c3c(c1)N(c1ccc(C(C)(C)C)cc1)c1c(sc4c1-c1ccc(C)cc1C41c4ccccc4-c4ccccc41)B3c1ccc(-c3ccccc3-c3ccccc3)cc1N2c1ccc(C(C)C)cc1. The zero-order chi connectivity index (χ0) is 48.8. The van der Waals surface area contributed by atoms with Crippen LogP contribution < -0.4 is 25.5 Å². The van der Waals surface area contributed by atoms with Gasteiger partial charge in [0.2, 0.25) is 0 Å². The van der Waals surface area contributed by atoms with Crippen LogP contribution in [0.4, 0.5) is 34.1 Å². The third-order valence-electron chi connectivity index (χ3n) is 16.3. The number of nitrogens with zero attached hydrogens (tertiary/aromatic N) is 2. The summed E-state index contributed by atoms with van der Waals surface area (Å²) in [7, 11) is 0. The number of hydrogen-bond donors (Lipinski definition) is 0. The highest BCUT2D eigenvalue weighted by molar-refractivity contribution is 7.30. The summed E-state index contributed by atoms with van der Waals surface area (Å²) in [5, 5.41) is 0. The summed E-state index contributed by atoms with van der Waals surface area (Å²) in [5.41, 5.74) is 29.2. The molecule has 10 aromatic rings. The second kappa shape index (κ2) is 15.7. The molecule has 0 N–H and O–H groups in total. The zero-order valence-electron chi connectivity index (χ0n) is 42.0. The summed E-state index contributed by atoms with van der Waals surface area (Å²) >= 11 is 2.06. The minimum absolute atomic E-state index is 0.0189. The molecule has 0 amide bonds. The van der Waals surface area contributed by atoms with E-state index in [1.165, 1.54) is 138 Å². The Kier molecular flexibility index (Phi) is 9.39. The summed E-state index contributed by atoms with van der Waals surface area (Å²) < 4.78 is 1.40. The predicted octanol–water partition coefficient (Wildman–Crippen LogP) is 16.5. The van der Waals surface area contributed by atoms with E-state index in [1.54, 1.807) is 0 Å². The van der Waals surface area contributed by atoms with E-state index in [-0.39, 0.29) is 12.1 Å². The van der Waals surface area contributed by atoms with Crippen LogP contribution in [0.3, 0.4) is 0 Å². The van der Waals surface area contributed by atoms with Crippen LogP contribution in [-0.4, -0.2) is 6.71 Å². The summed E-state index contributed by atoms with van der Waals surface area (Å²) in [4.78, 5) is 6.69. The third-order valence-corrected chi connectivity index (χ3v) is 17.7. The molecule has 3 heterocycles. The zero-order valence-corrected chi connectivity index (χ0v) is 42.8. The average Bonchev–Trinajstić information content (AvgIpc) is 4.02. The monoisotopic (exact) mass is 942 g/mol. The molecule has 2 aliphatic heterocycles. The van der Waals surface area contributed by atoms with Crippen molar-refractivity contribution in [1.82, 2.24) is 0 Å². The second-order valence-corrected chi connectivity index (χ2v) is 23.0. The molecule has 4 aliphatic rings. The number of hydrogen-bond acceptors (Lipinski definition) is 3. The summed E-state index contributed by atoms with van der Waals surface area (Å²) in [6.45, 7) is 16.0. The number of fused-ring (bicyclic) bond motifs is 15. The molecule has 1 aromatic heterocycles. The molecule has 346 valence electrons. The first kappa shape index (κ1) is 43.2. The smallest absolute Gasteiger partial charge is 0.264 e. The first-order valence-electron chi connectivity index (χ1n) is 25.7. The lowest BCUT2D eigenvalue weighted by Gasteiger charge is -2.44. The molecule has 0 bridgehead atoms. The van der Waals surface area contributed by atoms with Crippen molar-refractivity contribution in [2.75, 3.05) is 9.80 Å². The Balaban J connectivity index is 1.10. The largest absolute Gasteiger partial charge is 0.311 e. The lowest BCUT2D eigenvalue weighted by atomic mass is 9.36. The fraction of sp³-hybridized carbons (Fsp3) is 0.147. The van der Waals surface area contributed by atoms with Gasteiger partial charge in [-0.25, -0.2) is 0 Å². The molecule has 14 rings (SSSR count). The fourth-order valence-corrected chi connectivity index (χ4v) is 14.6. The maximum Gasteiger partial charge on any atom is 0.264 e. The molecule has 0 unspecified atom stereocenters. The summed E-state index contributed by atoms with van der Waals surface area (Å²) in [6, 6.07) is 76.8. The number of aryl methyl sites for hydroxylation is 2. The van der Waals surface area contributed by atoms with Gasteiger partial charge in [-0.1, -0.05) is 198 Å². The maximum atomic E-state index is 2.67. The Bertz CT molecular complexity index is 3810. The van der Waals surface area contributed by atoms with Crippen molar-refractivity contribution < 1.29 is 0 Å². The summed E-state index contributed by atoms with van der Waals surface area (Å²) in [6.07, 6.45) is 0. The van der Waals surface area contributed by atoms with Crippen LogP contribution in [0.15, 0.2) is 200 Å². The lowest BCUT2D eigenvalue weighted by molar-refractivity contribution is 0.590. The van der Waals surface area contributed by atoms with Crippen molar-refractivity contribution in [2.45, 2.75) is 65.2 Å². The second-order valence-electron chi connectivity index (χ2n) is 22.0. The van der Waals surface area contributed by atoms with Gasteiger partial charge in [-0.15, -0.1) is 11.3 Å². The number of anilines is 6. The van der Waals surface area contributed by atoms with Crippen LogP contribution in [0, 0.1) is 13.8 Å². The molecule has 1 spiro atoms. The third kappa shape index (κ3) is 6.02. The molecule has 0 saturated heterocycles. The molecule has 2 aliphatic carbocycles. The molecular weight excluding hydrogens is 888 g/mol. The number of rotatable bonds is 5. The molecule has 0 saturated carbocycles. The van der Waals surface area contributed by atoms with Crippen LogP contribution >= 0.6 is 11.3 Å². The summed E-state index contributed by atoms with van der Waals surface area (Å²) in [5.74, 6) is 0.429. The van der Waals surface area contributed by atoms with Gasteiger partial charge in [0.1, 0.15) is 0 Å². The van der Waals surface area contributed by atoms with Crippen molar-refractivity contribution in [3.8, 4) is 44.5 Å². The lowest BCUT2D eigenvalue weighted by Crippen LogP contribution is -2.60. The van der Waals surface area contributed by atoms with Crippen molar-refractivity contribution in [3.63, 3.8) is 0 Å². The highest BCUT2D eigenvalue weighted by Gasteiger charge is 2.57. The molecule has 0 fully saturated rings. The maximum absolute atomic E-state index is 2.67. The minimum Gasteiger partial charge on any atom is -0.311 e. The van der Waals surface area contributed by atoms with Gasteiger partial charge in [0.25, 0.3) is 6.71 Å². The number of benzene rings is 9. The Labute approximate surface area is 429 Å². The van der Waals surface area contributed by atoms with Crippen LogP contribution in [0.25, 0.3) is 44.5 Å². The Morgan fingerprint density at radius 1 is 0.486 bits per heavy atom. The fourth-order valence-electron chi connectivity index (χ4n) is 13.0. The van der Waals surface area contributed by atoms with E-state index >= 15 is 0 Å². The quantitative estimate of drug-likeness (QED) is 0.159. The van der Waals surface area contributed by atoms with Crippen molar-refractivity contribution >= 4 is 67.9 Å². The number of thiophene rings is 1. The Hall–Kier alpha value is -7.66. The molecule has 0 atom stereocenters. The standard InChI is InChI=1S/C68H55BN2S/c1-41(2)44-26-31-48(32-27-44)70-59-40-46(51-20-12-11-19-50(51)45-17-9-8-10-18-45)28-36-58(59)69-63-60(70)38-43(4)39-61(63)71(49-33-29-47(30-34-49)67(5,6)7)64-62-54-35-25-42(3)37-57(54)68(65(62)72-66(64)69)55-23-15-13-21-52(55)53-22-14-16-24-56(53)68/h8-41H,1-7H3. The first-order valence-corrected chi connectivity index (χ1v) is 26.5. The van der Waals surface area contributed by atoms with Gasteiger partial charge in [0.05, 0.1) is 11.1 Å². The van der Waals surface area contributed by atoms with Crippen LogP contribution in [0.2, 0.25) is 0 Å². The van der Waals surface area contributed by atoms with Gasteiger partial charge < -0.3 is 9.80 Å². The molecule has 9 aromatic carbocycles. The molecule has 4 heteroatoms. The Morgan fingerprint density at radius 2 is 1.07 bits per heavy atom.